The highest BCUT2D eigenvalue weighted by molar-refractivity contribution is 5.87. The summed E-state index contributed by atoms with van der Waals surface area (Å²) in [6.07, 6.45) is 0.142. The van der Waals surface area contributed by atoms with Crippen molar-refractivity contribution in [2.24, 2.45) is 17.5 Å². The van der Waals surface area contributed by atoms with E-state index in [0.29, 0.717) is 23.1 Å². The molecule has 0 radical (unpaired) electrons. The van der Waals surface area contributed by atoms with E-state index in [2.05, 4.69) is 55.4 Å². The Morgan fingerprint density at radius 2 is 1.67 bits per heavy atom. The maximum atomic E-state index is 10.2. The topological polar surface area (TPSA) is 139 Å². The quantitative estimate of drug-likeness (QED) is 0.526. The summed E-state index contributed by atoms with van der Waals surface area (Å²) in [5.74, 6) is 4.81. The van der Waals surface area contributed by atoms with Crippen LogP contribution < -0.4 is 11.6 Å². The number of hydrogen-bond acceptors (Lipinski definition) is 6. The van der Waals surface area contributed by atoms with E-state index in [0.717, 1.165) is 13.0 Å². The number of nitrogens with two attached hydrogens (primary N) is 2. The van der Waals surface area contributed by atoms with E-state index in [1.807, 2.05) is 12.1 Å². The van der Waals surface area contributed by atoms with Gasteiger partial charge in [-0.1, -0.05) is 44.2 Å². The molecule has 2 rings (SSSR count). The number of benzene rings is 2. The van der Waals surface area contributed by atoms with Crippen molar-refractivity contribution in [1.29, 1.82) is 0 Å². The summed E-state index contributed by atoms with van der Waals surface area (Å²) in [6, 6.07) is 16.0. The third kappa shape index (κ3) is 11.7. The van der Waals surface area contributed by atoms with Gasteiger partial charge < -0.3 is 25.7 Å². The van der Waals surface area contributed by atoms with Gasteiger partial charge in [-0.15, -0.1) is 0 Å². The average molecular weight is 420 g/mol. The third-order valence-electron chi connectivity index (χ3n) is 4.22. The molecule has 2 aromatic rings. The number of carboxylic acids is 1. The van der Waals surface area contributed by atoms with E-state index in [-0.39, 0.29) is 0 Å². The maximum absolute atomic E-state index is 10.2. The van der Waals surface area contributed by atoms with Crippen LogP contribution in [0, 0.1) is 5.92 Å². The van der Waals surface area contributed by atoms with Gasteiger partial charge in [-0.2, -0.15) is 5.90 Å². The first kappa shape index (κ1) is 26.9. The molecule has 2 aromatic carbocycles. The lowest BCUT2D eigenvalue weighted by atomic mass is 9.85. The second-order valence-electron chi connectivity index (χ2n) is 6.96. The van der Waals surface area contributed by atoms with Crippen molar-refractivity contribution >= 4 is 12.1 Å². The zero-order valence-electron chi connectivity index (χ0n) is 18.0. The first-order valence-electron chi connectivity index (χ1n) is 9.50. The summed E-state index contributed by atoms with van der Waals surface area (Å²) in [7, 11) is 4.21. The highest BCUT2D eigenvalue weighted by atomic mass is 16.7. The number of amides is 1. The standard InChI is InChI=1S/C14H23NO.C7H6O2.CH4N2O2/c1-5-14(11(2)10-15(3)4)12-7-6-8-13(16)9-12;8-7(9)6-4-2-1-3-5-6;2-1(4)5-3/h6-9,11,14,16H,5,10H2,1-4H3;1-5H,(H,8,9);3H2,(H2,2,4)/t11-,14+;;/m0../s1. The van der Waals surface area contributed by atoms with E-state index >= 15 is 0 Å². The molecule has 0 saturated heterocycles. The normalized spacial score (nSPS) is 11.8. The van der Waals surface area contributed by atoms with Crippen molar-refractivity contribution in [2.75, 3.05) is 20.6 Å². The second-order valence-corrected chi connectivity index (χ2v) is 6.96. The van der Waals surface area contributed by atoms with Crippen molar-refractivity contribution in [1.82, 2.24) is 4.90 Å². The molecule has 0 spiro atoms. The lowest BCUT2D eigenvalue weighted by molar-refractivity contribution is 0.0696. The number of aromatic hydroxyl groups is 1. The first-order valence-corrected chi connectivity index (χ1v) is 9.50. The molecule has 8 heteroatoms. The molecule has 0 heterocycles. The summed E-state index contributed by atoms with van der Waals surface area (Å²) in [5.41, 5.74) is 5.88. The molecule has 0 unspecified atom stereocenters. The molecule has 0 saturated carbocycles. The van der Waals surface area contributed by atoms with E-state index in [1.54, 1.807) is 36.4 Å². The Hall–Kier alpha value is -3.10. The molecule has 0 aliphatic rings. The van der Waals surface area contributed by atoms with E-state index < -0.39 is 12.1 Å². The molecular weight excluding hydrogens is 386 g/mol. The van der Waals surface area contributed by atoms with Gasteiger partial charge in [0.2, 0.25) is 0 Å². The largest absolute Gasteiger partial charge is 0.508 e. The molecule has 0 aliphatic carbocycles. The molecule has 0 aliphatic heterocycles. The number of carbonyl (C=O) groups excluding carboxylic acids is 1. The molecule has 0 fully saturated rings. The zero-order chi connectivity index (χ0) is 23.1. The van der Waals surface area contributed by atoms with Crippen molar-refractivity contribution < 1.29 is 24.6 Å². The number of aromatic carboxylic acids is 1. The summed E-state index contributed by atoms with van der Waals surface area (Å²) < 4.78 is 0. The third-order valence-corrected chi connectivity index (χ3v) is 4.22. The second kappa shape index (κ2) is 14.8. The van der Waals surface area contributed by atoms with Gasteiger partial charge in [0.15, 0.2) is 0 Å². The lowest BCUT2D eigenvalue weighted by Gasteiger charge is -2.26. The van der Waals surface area contributed by atoms with Gasteiger partial charge in [0.25, 0.3) is 0 Å². The first-order chi connectivity index (χ1) is 14.1. The minimum absolute atomic E-state index is 0.331. The molecule has 6 N–H and O–H groups in total. The summed E-state index contributed by atoms with van der Waals surface area (Å²) in [4.78, 5) is 25.1. The van der Waals surface area contributed by atoms with Crippen molar-refractivity contribution in [2.45, 2.75) is 26.2 Å². The number of phenols is 1. The Balaban J connectivity index is 0.000000502. The number of carbonyl (C=O) groups is 2. The Kier molecular flexibility index (Phi) is 13.3. The van der Waals surface area contributed by atoms with Gasteiger partial charge in [-0.3, -0.25) is 0 Å². The average Bonchev–Trinajstić information content (AvgIpc) is 2.69. The van der Waals surface area contributed by atoms with Crippen molar-refractivity contribution in [3.8, 4) is 5.75 Å². The summed E-state index contributed by atoms with van der Waals surface area (Å²) >= 11 is 0. The Bertz CT molecular complexity index is 753. The predicted octanol–water partition coefficient (Wildman–Crippen LogP) is 3.42. The minimum Gasteiger partial charge on any atom is -0.508 e. The summed E-state index contributed by atoms with van der Waals surface area (Å²) in [5, 5.41) is 17.9. The number of nitrogens with zero attached hydrogens (tertiary/aromatic N) is 1. The molecule has 1 amide bonds. The smallest absolute Gasteiger partial charge is 0.423 e. The summed E-state index contributed by atoms with van der Waals surface area (Å²) in [6.45, 7) is 5.56. The van der Waals surface area contributed by atoms with Crippen LogP contribution in [0.15, 0.2) is 54.6 Å². The minimum atomic E-state index is -0.968. The van der Waals surface area contributed by atoms with Crippen LogP contribution in [0.4, 0.5) is 4.79 Å². The highest BCUT2D eigenvalue weighted by Gasteiger charge is 2.18. The van der Waals surface area contributed by atoms with Gasteiger partial charge in [0, 0.05) is 6.54 Å². The Morgan fingerprint density at radius 3 is 2.03 bits per heavy atom. The Labute approximate surface area is 178 Å². The van der Waals surface area contributed by atoms with Gasteiger partial charge in [0.1, 0.15) is 5.75 Å². The fourth-order valence-corrected chi connectivity index (χ4v) is 3.01. The van der Waals surface area contributed by atoms with Crippen molar-refractivity contribution in [3.63, 3.8) is 0 Å². The molecular formula is C22H33N3O5. The zero-order valence-corrected chi connectivity index (χ0v) is 18.0. The van der Waals surface area contributed by atoms with E-state index in [9.17, 15) is 14.7 Å². The van der Waals surface area contributed by atoms with Crippen LogP contribution in [-0.4, -0.2) is 47.8 Å². The molecule has 30 heavy (non-hydrogen) atoms. The van der Waals surface area contributed by atoms with Crippen LogP contribution in [0.25, 0.3) is 0 Å². The van der Waals surface area contributed by atoms with E-state index in [1.165, 1.54) is 5.56 Å². The van der Waals surface area contributed by atoms with Gasteiger partial charge in [-0.25, -0.2) is 9.59 Å². The fourth-order valence-electron chi connectivity index (χ4n) is 3.01. The predicted molar refractivity (Wildman–Crippen MR) is 117 cm³/mol. The molecule has 0 aromatic heterocycles. The number of primary amides is 1. The Morgan fingerprint density at radius 1 is 1.10 bits per heavy atom. The van der Waals surface area contributed by atoms with Crippen LogP contribution in [-0.2, 0) is 4.84 Å². The fraction of sp³-hybridized carbons (Fsp3) is 0.364. The van der Waals surface area contributed by atoms with Crippen LogP contribution in [0.1, 0.15) is 42.1 Å². The maximum Gasteiger partial charge on any atom is 0.423 e. The van der Waals surface area contributed by atoms with Crippen LogP contribution >= 0.6 is 0 Å². The number of phenolic OH excluding ortho intramolecular Hbond substituents is 1. The van der Waals surface area contributed by atoms with Crippen LogP contribution in [0.3, 0.4) is 0 Å². The number of rotatable bonds is 6. The van der Waals surface area contributed by atoms with Gasteiger partial charge in [-0.05, 0) is 62.2 Å². The van der Waals surface area contributed by atoms with E-state index in [4.69, 9.17) is 5.11 Å². The monoisotopic (exact) mass is 419 g/mol. The van der Waals surface area contributed by atoms with Crippen molar-refractivity contribution in [3.05, 3.63) is 65.7 Å². The van der Waals surface area contributed by atoms with Crippen LogP contribution in [0.2, 0.25) is 0 Å². The van der Waals surface area contributed by atoms with Crippen LogP contribution in [0.5, 0.6) is 5.75 Å². The number of hydrogen-bond donors (Lipinski definition) is 4. The SMILES string of the molecule is CC[C@@H](c1cccc(O)c1)[C@@H](C)CN(C)C.NOC(N)=O.O=C(O)c1ccccc1. The number of carboxylic acid groups (broad SMARTS) is 1. The molecule has 2 atom stereocenters. The highest BCUT2D eigenvalue weighted by Crippen LogP contribution is 2.30. The van der Waals surface area contributed by atoms with Gasteiger partial charge >= 0.3 is 12.1 Å². The lowest BCUT2D eigenvalue weighted by Crippen LogP contribution is -2.24. The molecule has 0 bridgehead atoms. The van der Waals surface area contributed by atoms with Gasteiger partial charge in [0.05, 0.1) is 5.56 Å². The molecule has 166 valence electrons. The molecule has 8 nitrogen and oxygen atoms in total.